The van der Waals surface area contributed by atoms with Gasteiger partial charge in [0.2, 0.25) is 0 Å². The lowest BCUT2D eigenvalue weighted by Crippen LogP contribution is -2.28. The number of hydrogen-bond donors (Lipinski definition) is 0. The molecule has 0 saturated heterocycles. The topological polar surface area (TPSA) is 36.9 Å². The van der Waals surface area contributed by atoms with E-state index in [-0.39, 0.29) is 0 Å². The van der Waals surface area contributed by atoms with Gasteiger partial charge >= 0.3 is 18.6 Å². The van der Waals surface area contributed by atoms with Crippen molar-refractivity contribution < 1.29 is 17.7 Å². The Balaban J connectivity index is 3.74. The molecule has 0 amide bonds. The second-order valence-corrected chi connectivity index (χ2v) is 15.4. The van der Waals surface area contributed by atoms with Gasteiger partial charge in [-0.25, -0.2) is 0 Å². The first-order chi connectivity index (χ1) is 12.1. The molecular weight excluding hydrogens is 409 g/mol. The summed E-state index contributed by atoms with van der Waals surface area (Å²) in [4.78, 5) is 0. The van der Waals surface area contributed by atoms with Crippen LogP contribution in [-0.4, -0.2) is 56.5 Å². The molecule has 0 bridgehead atoms. The SMILES string of the molecule is CCO[SiH](OCC)C(C)CCSSSCCC(C)[SiH](OCC)OCC. The molecule has 0 fully saturated rings. The first-order valence-corrected chi connectivity index (χ1v) is 16.5. The average molecular weight is 447 g/mol. The van der Waals surface area contributed by atoms with Crippen LogP contribution in [0.2, 0.25) is 11.1 Å². The van der Waals surface area contributed by atoms with Gasteiger partial charge in [-0.3, -0.25) is 0 Å². The molecule has 25 heavy (non-hydrogen) atoms. The summed E-state index contributed by atoms with van der Waals surface area (Å²) in [6.45, 7) is 15.8. The van der Waals surface area contributed by atoms with Gasteiger partial charge in [0.25, 0.3) is 0 Å². The molecule has 2 atom stereocenters. The third kappa shape index (κ3) is 14.0. The van der Waals surface area contributed by atoms with E-state index in [2.05, 4.69) is 41.5 Å². The Bertz CT molecular complexity index is 256. The highest BCUT2D eigenvalue weighted by atomic mass is 33.5. The zero-order chi connectivity index (χ0) is 18.9. The average Bonchev–Trinajstić information content (AvgIpc) is 2.60. The lowest BCUT2D eigenvalue weighted by Gasteiger charge is -2.21. The molecule has 0 aliphatic rings. The molecule has 0 N–H and O–H groups in total. The smallest absolute Gasteiger partial charge is 0.324 e. The van der Waals surface area contributed by atoms with Crippen LogP contribution in [0.15, 0.2) is 0 Å². The predicted octanol–water partition coefficient (Wildman–Crippen LogP) is 5.16. The van der Waals surface area contributed by atoms with Crippen LogP contribution in [0.1, 0.15) is 54.4 Å². The minimum Gasteiger partial charge on any atom is -0.397 e. The van der Waals surface area contributed by atoms with Gasteiger partial charge in [0.1, 0.15) is 0 Å². The molecule has 4 nitrogen and oxygen atoms in total. The summed E-state index contributed by atoms with van der Waals surface area (Å²) >= 11 is 0. The Labute approximate surface area is 170 Å². The van der Waals surface area contributed by atoms with Crippen LogP contribution in [0.4, 0.5) is 0 Å². The fourth-order valence-corrected chi connectivity index (χ4v) is 10.6. The van der Waals surface area contributed by atoms with Crippen molar-refractivity contribution in [1.29, 1.82) is 0 Å². The Morgan fingerprint density at radius 2 is 0.960 bits per heavy atom. The summed E-state index contributed by atoms with van der Waals surface area (Å²) in [6, 6.07) is 0. The first kappa shape index (κ1) is 26.3. The maximum absolute atomic E-state index is 5.80. The second-order valence-electron chi connectivity index (χ2n) is 5.80. The Morgan fingerprint density at radius 3 is 1.24 bits per heavy atom. The van der Waals surface area contributed by atoms with E-state index >= 15 is 0 Å². The monoisotopic (exact) mass is 446 g/mol. The van der Waals surface area contributed by atoms with Crippen LogP contribution in [0, 0.1) is 0 Å². The van der Waals surface area contributed by atoms with Crippen molar-refractivity contribution >= 4 is 50.0 Å². The summed E-state index contributed by atoms with van der Waals surface area (Å²) in [5, 5.41) is 0. The second kappa shape index (κ2) is 18.7. The molecule has 0 aromatic heterocycles. The van der Waals surface area contributed by atoms with E-state index in [1.165, 1.54) is 12.8 Å². The zero-order valence-corrected chi connectivity index (χ0v) is 21.6. The highest BCUT2D eigenvalue weighted by Crippen LogP contribution is 2.37. The maximum Gasteiger partial charge on any atom is 0.324 e. The van der Waals surface area contributed by atoms with Gasteiger partial charge in [-0.1, -0.05) is 35.4 Å². The van der Waals surface area contributed by atoms with Crippen molar-refractivity contribution in [2.24, 2.45) is 0 Å². The molecule has 0 aliphatic heterocycles. The van der Waals surface area contributed by atoms with Crippen molar-refractivity contribution in [2.75, 3.05) is 37.9 Å². The fourth-order valence-electron chi connectivity index (χ4n) is 2.25. The quantitative estimate of drug-likeness (QED) is 0.163. The molecule has 9 heteroatoms. The molecule has 152 valence electrons. The Hall–Kier alpha value is 1.32. The lowest BCUT2D eigenvalue weighted by molar-refractivity contribution is 0.204. The fraction of sp³-hybridized carbons (Fsp3) is 1.00. The summed E-state index contributed by atoms with van der Waals surface area (Å²) in [5.74, 6) is 2.32. The molecule has 0 heterocycles. The van der Waals surface area contributed by atoms with Crippen molar-refractivity contribution in [3.8, 4) is 0 Å². The van der Waals surface area contributed by atoms with Crippen molar-refractivity contribution in [3.05, 3.63) is 0 Å². The van der Waals surface area contributed by atoms with E-state index in [1.807, 2.05) is 31.4 Å². The van der Waals surface area contributed by atoms with E-state index in [4.69, 9.17) is 17.7 Å². The van der Waals surface area contributed by atoms with E-state index in [9.17, 15) is 0 Å². The maximum atomic E-state index is 5.80. The Kier molecular flexibility index (Phi) is 19.7. The van der Waals surface area contributed by atoms with Crippen molar-refractivity contribution in [3.63, 3.8) is 0 Å². The van der Waals surface area contributed by atoms with Crippen LogP contribution in [0.5, 0.6) is 0 Å². The van der Waals surface area contributed by atoms with Gasteiger partial charge in [0.05, 0.1) is 0 Å². The van der Waals surface area contributed by atoms with Crippen LogP contribution >= 0.6 is 31.4 Å². The van der Waals surface area contributed by atoms with Crippen molar-refractivity contribution in [1.82, 2.24) is 0 Å². The van der Waals surface area contributed by atoms with E-state index in [0.29, 0.717) is 11.1 Å². The van der Waals surface area contributed by atoms with E-state index < -0.39 is 18.6 Å². The van der Waals surface area contributed by atoms with Crippen LogP contribution < -0.4 is 0 Å². The Morgan fingerprint density at radius 1 is 0.640 bits per heavy atom. The van der Waals surface area contributed by atoms with E-state index in [1.54, 1.807) is 0 Å². The minimum absolute atomic E-state index is 0.571. The molecule has 0 aromatic rings. The van der Waals surface area contributed by atoms with Gasteiger partial charge in [-0.05, 0) is 61.4 Å². The number of rotatable bonds is 18. The molecular formula is C16H38O4S3Si2. The molecule has 2 unspecified atom stereocenters. The normalized spacial score (nSPS) is 14.4. The molecule has 0 aromatic carbocycles. The highest BCUT2D eigenvalue weighted by Gasteiger charge is 2.22. The lowest BCUT2D eigenvalue weighted by atomic mass is 10.4. The molecule has 0 radical (unpaired) electrons. The van der Waals surface area contributed by atoms with Crippen LogP contribution in [-0.2, 0) is 17.7 Å². The van der Waals surface area contributed by atoms with Gasteiger partial charge in [0, 0.05) is 37.9 Å². The summed E-state index contributed by atoms with van der Waals surface area (Å²) in [6.07, 6.45) is 2.35. The molecule has 0 aliphatic carbocycles. The first-order valence-electron chi connectivity index (χ1n) is 9.47. The summed E-state index contributed by atoms with van der Waals surface area (Å²) in [7, 11) is 2.86. The standard InChI is InChI=1S/C16H38O4S3Si2/c1-7-17-24(18-8-2)15(5)11-13-21-23-22-14-12-16(6)25(19-9-3)20-10-4/h15-16,24-25H,7-14H2,1-6H3. The molecule has 0 spiro atoms. The van der Waals surface area contributed by atoms with Gasteiger partial charge < -0.3 is 17.7 Å². The largest absolute Gasteiger partial charge is 0.397 e. The molecule has 0 rings (SSSR count). The zero-order valence-electron chi connectivity index (χ0n) is 16.8. The van der Waals surface area contributed by atoms with Crippen molar-refractivity contribution in [2.45, 2.75) is 65.5 Å². The van der Waals surface area contributed by atoms with Gasteiger partial charge in [-0.2, -0.15) is 0 Å². The van der Waals surface area contributed by atoms with E-state index in [0.717, 1.165) is 37.9 Å². The minimum atomic E-state index is -1.48. The van der Waals surface area contributed by atoms with Gasteiger partial charge in [0.15, 0.2) is 0 Å². The summed E-state index contributed by atoms with van der Waals surface area (Å²) in [5.41, 5.74) is 1.14. The third-order valence-corrected chi connectivity index (χ3v) is 13.1. The third-order valence-electron chi connectivity index (χ3n) is 3.66. The predicted molar refractivity (Wildman–Crippen MR) is 121 cm³/mol. The van der Waals surface area contributed by atoms with Crippen LogP contribution in [0.25, 0.3) is 0 Å². The summed E-state index contributed by atoms with van der Waals surface area (Å²) < 4.78 is 23.2. The molecule has 0 saturated carbocycles. The number of hydrogen-bond acceptors (Lipinski definition) is 7. The van der Waals surface area contributed by atoms with Gasteiger partial charge in [-0.15, -0.1) is 0 Å². The van der Waals surface area contributed by atoms with Crippen LogP contribution in [0.3, 0.4) is 0 Å². The highest BCUT2D eigenvalue weighted by molar-refractivity contribution is 9.09.